The van der Waals surface area contributed by atoms with E-state index in [4.69, 9.17) is 9.72 Å². The number of hydrogen-bond acceptors (Lipinski definition) is 4. The van der Waals surface area contributed by atoms with Gasteiger partial charge in [0, 0.05) is 32.1 Å². The van der Waals surface area contributed by atoms with Crippen LogP contribution in [0.1, 0.15) is 55.7 Å². The first-order chi connectivity index (χ1) is 13.5. The summed E-state index contributed by atoms with van der Waals surface area (Å²) in [6.07, 6.45) is 2.38. The summed E-state index contributed by atoms with van der Waals surface area (Å²) >= 11 is 0. The van der Waals surface area contributed by atoms with E-state index >= 15 is 0 Å². The molecule has 0 unspecified atom stereocenters. The van der Waals surface area contributed by atoms with Crippen LogP contribution in [0.3, 0.4) is 0 Å². The number of imidazole rings is 1. The molecule has 1 aliphatic heterocycles. The van der Waals surface area contributed by atoms with Crippen molar-refractivity contribution in [2.24, 2.45) is 7.05 Å². The number of para-hydroxylation sites is 2. The third-order valence-corrected chi connectivity index (χ3v) is 5.87. The Morgan fingerprint density at radius 2 is 2.04 bits per heavy atom. The van der Waals surface area contributed by atoms with Gasteiger partial charge in [-0.25, -0.2) is 9.67 Å². The number of likely N-dealkylation sites (tertiary alicyclic amines) is 1. The zero-order valence-electron chi connectivity index (χ0n) is 17.6. The molecule has 150 valence electrons. The molecule has 1 saturated heterocycles. The van der Waals surface area contributed by atoms with Crippen LogP contribution >= 0.6 is 0 Å². The molecule has 6 nitrogen and oxygen atoms in total. The first kappa shape index (κ1) is 19.0. The number of nitrogens with zero attached hydrogens (tertiary/aromatic N) is 5. The monoisotopic (exact) mass is 381 g/mol. The molecule has 3 aromatic rings. The van der Waals surface area contributed by atoms with E-state index in [-0.39, 0.29) is 0 Å². The molecular weight excluding hydrogens is 350 g/mol. The van der Waals surface area contributed by atoms with Crippen LogP contribution in [0.25, 0.3) is 11.0 Å². The van der Waals surface area contributed by atoms with Crippen molar-refractivity contribution in [1.29, 1.82) is 0 Å². The zero-order chi connectivity index (χ0) is 19.8. The topological polar surface area (TPSA) is 48.1 Å². The maximum Gasteiger partial charge on any atom is 0.216 e. The van der Waals surface area contributed by atoms with Gasteiger partial charge in [0.15, 0.2) is 0 Å². The van der Waals surface area contributed by atoms with Crippen LogP contribution in [0.15, 0.2) is 24.3 Å². The molecule has 6 heteroatoms. The SMILES string of the molecule is COc1c(CN2CCC[C@H](c3nc4ccccc4n3C(C)C)C2)c(C)nn1C. The van der Waals surface area contributed by atoms with E-state index in [2.05, 4.69) is 59.6 Å². The van der Waals surface area contributed by atoms with Crippen molar-refractivity contribution in [1.82, 2.24) is 24.2 Å². The van der Waals surface area contributed by atoms with E-state index in [0.717, 1.165) is 36.7 Å². The van der Waals surface area contributed by atoms with Crippen LogP contribution in [0.2, 0.25) is 0 Å². The quantitative estimate of drug-likeness (QED) is 0.669. The van der Waals surface area contributed by atoms with Gasteiger partial charge in [0.05, 0.1) is 29.4 Å². The third kappa shape index (κ3) is 3.30. The molecule has 28 heavy (non-hydrogen) atoms. The van der Waals surface area contributed by atoms with Crippen molar-refractivity contribution in [2.75, 3.05) is 20.2 Å². The largest absolute Gasteiger partial charge is 0.481 e. The molecular formula is C22H31N5O. The van der Waals surface area contributed by atoms with Crippen molar-refractivity contribution in [3.05, 3.63) is 41.3 Å². The van der Waals surface area contributed by atoms with Gasteiger partial charge >= 0.3 is 0 Å². The average molecular weight is 382 g/mol. The molecule has 1 aromatic carbocycles. The summed E-state index contributed by atoms with van der Waals surface area (Å²) < 4.78 is 9.87. The van der Waals surface area contributed by atoms with Crippen molar-refractivity contribution >= 4 is 11.0 Å². The first-order valence-corrected chi connectivity index (χ1v) is 10.2. The Balaban J connectivity index is 1.62. The Hall–Kier alpha value is -2.34. The van der Waals surface area contributed by atoms with E-state index in [0.29, 0.717) is 12.0 Å². The number of hydrogen-bond donors (Lipinski definition) is 0. The predicted octanol–water partition coefficient (Wildman–Crippen LogP) is 4.05. The minimum atomic E-state index is 0.401. The lowest BCUT2D eigenvalue weighted by Gasteiger charge is -2.33. The van der Waals surface area contributed by atoms with Gasteiger partial charge in [-0.05, 0) is 52.3 Å². The standard InChI is InChI=1S/C22H31N5O/c1-15(2)27-20-11-7-6-10-19(20)23-21(27)17-9-8-12-26(13-17)14-18-16(3)24-25(4)22(18)28-5/h6-7,10-11,15,17H,8-9,12-14H2,1-5H3/t17-/m0/s1. The van der Waals surface area contributed by atoms with E-state index < -0.39 is 0 Å². The normalized spacial score (nSPS) is 18.3. The van der Waals surface area contributed by atoms with E-state index in [1.807, 2.05) is 11.7 Å². The Bertz CT molecular complexity index is 971. The van der Waals surface area contributed by atoms with E-state index in [9.17, 15) is 0 Å². The number of ether oxygens (including phenoxy) is 1. The van der Waals surface area contributed by atoms with Gasteiger partial charge in [-0.15, -0.1) is 0 Å². The van der Waals surface area contributed by atoms with Gasteiger partial charge in [-0.2, -0.15) is 5.10 Å². The maximum atomic E-state index is 5.60. The average Bonchev–Trinajstić information content (AvgIpc) is 3.19. The van der Waals surface area contributed by atoms with Crippen LogP contribution < -0.4 is 4.74 Å². The second-order valence-corrected chi connectivity index (χ2v) is 8.19. The van der Waals surface area contributed by atoms with Crippen molar-refractivity contribution in [2.45, 2.75) is 52.1 Å². The lowest BCUT2D eigenvalue weighted by molar-refractivity contribution is 0.191. The fraction of sp³-hybridized carbons (Fsp3) is 0.545. The number of methoxy groups -OCH3 is 1. The van der Waals surface area contributed by atoms with Crippen LogP contribution in [-0.4, -0.2) is 44.4 Å². The van der Waals surface area contributed by atoms with Crippen molar-refractivity contribution in [3.8, 4) is 5.88 Å². The number of aromatic nitrogens is 4. The van der Waals surface area contributed by atoms with Gasteiger partial charge < -0.3 is 9.30 Å². The molecule has 3 heterocycles. The molecule has 2 aromatic heterocycles. The summed E-state index contributed by atoms with van der Waals surface area (Å²) in [6, 6.07) is 8.91. The predicted molar refractivity (Wildman–Crippen MR) is 112 cm³/mol. The van der Waals surface area contributed by atoms with Crippen LogP contribution in [-0.2, 0) is 13.6 Å². The van der Waals surface area contributed by atoms with Crippen LogP contribution in [0.4, 0.5) is 0 Å². The van der Waals surface area contributed by atoms with Crippen molar-refractivity contribution in [3.63, 3.8) is 0 Å². The molecule has 1 fully saturated rings. The molecule has 0 saturated carbocycles. The van der Waals surface area contributed by atoms with Gasteiger partial charge in [0.1, 0.15) is 5.82 Å². The molecule has 0 spiro atoms. The highest BCUT2D eigenvalue weighted by atomic mass is 16.5. The minimum Gasteiger partial charge on any atom is -0.481 e. The lowest BCUT2D eigenvalue weighted by Crippen LogP contribution is -2.35. The summed E-state index contributed by atoms with van der Waals surface area (Å²) in [5, 5.41) is 4.54. The summed E-state index contributed by atoms with van der Waals surface area (Å²) in [5.41, 5.74) is 4.60. The zero-order valence-corrected chi connectivity index (χ0v) is 17.6. The maximum absolute atomic E-state index is 5.60. The highest BCUT2D eigenvalue weighted by molar-refractivity contribution is 5.76. The Labute approximate surface area is 167 Å². The van der Waals surface area contributed by atoms with Gasteiger partial charge in [0.25, 0.3) is 0 Å². The minimum absolute atomic E-state index is 0.401. The molecule has 4 rings (SSSR count). The lowest BCUT2D eigenvalue weighted by atomic mass is 9.96. The van der Waals surface area contributed by atoms with E-state index in [1.54, 1.807) is 7.11 Å². The molecule has 1 atom stereocenters. The van der Waals surface area contributed by atoms with Crippen LogP contribution in [0, 0.1) is 6.92 Å². The second-order valence-electron chi connectivity index (χ2n) is 8.19. The Morgan fingerprint density at radius 1 is 1.25 bits per heavy atom. The summed E-state index contributed by atoms with van der Waals surface area (Å²) in [5.74, 6) is 2.55. The molecule has 1 aliphatic rings. The molecule has 0 aliphatic carbocycles. The summed E-state index contributed by atoms with van der Waals surface area (Å²) in [4.78, 5) is 7.58. The molecule has 0 bridgehead atoms. The highest BCUT2D eigenvalue weighted by Gasteiger charge is 2.28. The Morgan fingerprint density at radius 3 is 2.79 bits per heavy atom. The summed E-state index contributed by atoms with van der Waals surface area (Å²) in [7, 11) is 3.67. The second kappa shape index (κ2) is 7.59. The van der Waals surface area contributed by atoms with Crippen molar-refractivity contribution < 1.29 is 4.74 Å². The molecule has 0 amide bonds. The molecule has 0 N–H and O–H groups in total. The number of benzene rings is 1. The van der Waals surface area contributed by atoms with Gasteiger partial charge in [0.2, 0.25) is 5.88 Å². The number of rotatable bonds is 5. The third-order valence-electron chi connectivity index (χ3n) is 5.87. The summed E-state index contributed by atoms with van der Waals surface area (Å²) in [6.45, 7) is 9.58. The fourth-order valence-electron chi connectivity index (χ4n) is 4.65. The van der Waals surface area contributed by atoms with E-state index in [1.165, 1.54) is 29.7 Å². The highest BCUT2D eigenvalue weighted by Crippen LogP contribution is 2.33. The van der Waals surface area contributed by atoms with Gasteiger partial charge in [-0.1, -0.05) is 12.1 Å². The fourth-order valence-corrected chi connectivity index (χ4v) is 4.65. The molecule has 0 radical (unpaired) electrons. The number of piperidine rings is 1. The van der Waals surface area contributed by atoms with Crippen LogP contribution in [0.5, 0.6) is 5.88 Å². The Kier molecular flexibility index (Phi) is 5.15. The number of fused-ring (bicyclic) bond motifs is 1. The first-order valence-electron chi connectivity index (χ1n) is 10.2. The number of aryl methyl sites for hydroxylation is 2. The van der Waals surface area contributed by atoms with Gasteiger partial charge in [-0.3, -0.25) is 4.90 Å². The smallest absolute Gasteiger partial charge is 0.216 e.